The summed E-state index contributed by atoms with van der Waals surface area (Å²) < 4.78 is 0. The van der Waals surface area contributed by atoms with E-state index >= 15 is 0 Å². The number of aryl methyl sites for hydroxylation is 1. The maximum absolute atomic E-state index is 5.13. The molecule has 1 aliphatic carbocycles. The summed E-state index contributed by atoms with van der Waals surface area (Å²) in [5, 5.41) is 6.40. The van der Waals surface area contributed by atoms with Gasteiger partial charge >= 0.3 is 0 Å². The summed E-state index contributed by atoms with van der Waals surface area (Å²) in [7, 11) is 0. The smallest absolute Gasteiger partial charge is 0.0784 e. The Morgan fingerprint density at radius 2 is 1.38 bits per heavy atom. The van der Waals surface area contributed by atoms with Crippen LogP contribution >= 0.6 is 0 Å². The summed E-state index contributed by atoms with van der Waals surface area (Å²) in [4.78, 5) is 5.13. The van der Waals surface area contributed by atoms with Crippen LogP contribution in [-0.4, -0.2) is 4.98 Å². The van der Waals surface area contributed by atoms with Gasteiger partial charge in [-0.15, -0.1) is 0 Å². The fourth-order valence-corrected chi connectivity index (χ4v) is 4.47. The van der Waals surface area contributed by atoms with Gasteiger partial charge < -0.3 is 0 Å². The van der Waals surface area contributed by atoms with Crippen molar-refractivity contribution >= 4 is 32.4 Å². The monoisotopic (exact) mass is 331 g/mol. The zero-order chi connectivity index (χ0) is 17.3. The summed E-state index contributed by atoms with van der Waals surface area (Å²) in [5.41, 5.74) is 7.68. The van der Waals surface area contributed by atoms with Crippen LogP contribution in [0.1, 0.15) is 16.8 Å². The number of hydrogen-bond acceptors (Lipinski definition) is 1. The lowest BCUT2D eigenvalue weighted by molar-refractivity contribution is 1.16. The number of benzene rings is 4. The summed E-state index contributed by atoms with van der Waals surface area (Å²) in [6.45, 7) is 2.19. The molecule has 0 radical (unpaired) electrons. The second kappa shape index (κ2) is 4.92. The summed E-state index contributed by atoms with van der Waals surface area (Å²) in [6.07, 6.45) is 0.924. The highest BCUT2D eigenvalue weighted by atomic mass is 14.7. The molecule has 1 aromatic heterocycles. The minimum atomic E-state index is 0.924. The van der Waals surface area contributed by atoms with Crippen molar-refractivity contribution in [2.24, 2.45) is 0 Å². The predicted molar refractivity (Wildman–Crippen MR) is 110 cm³/mol. The minimum absolute atomic E-state index is 0.924. The number of rotatable bonds is 0. The van der Waals surface area contributed by atoms with E-state index in [1.165, 1.54) is 54.9 Å². The van der Waals surface area contributed by atoms with Gasteiger partial charge in [0.15, 0.2) is 0 Å². The van der Waals surface area contributed by atoms with E-state index in [2.05, 4.69) is 79.7 Å². The van der Waals surface area contributed by atoms with Crippen LogP contribution in [0, 0.1) is 6.92 Å². The molecule has 0 aliphatic heterocycles. The van der Waals surface area contributed by atoms with Crippen LogP contribution in [0.25, 0.3) is 43.6 Å². The minimum Gasteiger partial charge on any atom is -0.251 e. The Balaban J connectivity index is 1.69. The average Bonchev–Trinajstić information content (AvgIpc) is 3.01. The van der Waals surface area contributed by atoms with E-state index in [-0.39, 0.29) is 0 Å². The third-order valence-electron chi connectivity index (χ3n) is 5.73. The molecule has 0 unspecified atom stereocenters. The Bertz CT molecular complexity index is 1360. The van der Waals surface area contributed by atoms with Crippen molar-refractivity contribution in [3.63, 3.8) is 0 Å². The van der Waals surface area contributed by atoms with E-state index < -0.39 is 0 Å². The molecule has 1 aliphatic rings. The van der Waals surface area contributed by atoms with Crippen LogP contribution in [0.2, 0.25) is 0 Å². The lowest BCUT2D eigenvalue weighted by Crippen LogP contribution is -1.91. The Labute approximate surface area is 151 Å². The summed E-state index contributed by atoms with van der Waals surface area (Å²) in [6, 6.07) is 26.5. The van der Waals surface area contributed by atoms with Crippen molar-refractivity contribution in [1.82, 2.24) is 4.98 Å². The predicted octanol–water partition coefficient (Wildman–Crippen LogP) is 6.42. The molecule has 0 fully saturated rings. The highest BCUT2D eigenvalue weighted by Crippen LogP contribution is 2.40. The van der Waals surface area contributed by atoms with Crippen LogP contribution in [-0.2, 0) is 6.42 Å². The Hall–Kier alpha value is -3.19. The van der Waals surface area contributed by atoms with Crippen molar-refractivity contribution in [2.45, 2.75) is 13.3 Å². The van der Waals surface area contributed by atoms with Crippen molar-refractivity contribution in [2.75, 3.05) is 0 Å². The van der Waals surface area contributed by atoms with Crippen LogP contribution in [0.5, 0.6) is 0 Å². The Morgan fingerprint density at radius 3 is 2.23 bits per heavy atom. The molecular weight excluding hydrogens is 314 g/mol. The average molecular weight is 331 g/mol. The van der Waals surface area contributed by atoms with E-state index in [9.17, 15) is 0 Å². The highest BCUT2D eigenvalue weighted by Gasteiger charge is 2.21. The molecule has 122 valence electrons. The fraction of sp³-hybridized carbons (Fsp3) is 0.0800. The second-order valence-electron chi connectivity index (χ2n) is 7.33. The van der Waals surface area contributed by atoms with E-state index in [4.69, 9.17) is 4.98 Å². The standard InChI is InChI=1S/C25H17N/c1-15-10-19-13-23-22-12-17-7-3-2-6-16(17)11-18(22)14-24(23)26-25(19)21-9-5-4-8-20(15)21/h2-13H,14H2,1H3. The molecule has 1 nitrogen and oxygen atoms in total. The van der Waals surface area contributed by atoms with Gasteiger partial charge in [0.05, 0.1) is 11.2 Å². The van der Waals surface area contributed by atoms with Crippen molar-refractivity contribution in [1.29, 1.82) is 0 Å². The van der Waals surface area contributed by atoms with E-state index in [1.54, 1.807) is 0 Å². The molecular formula is C25H17N. The van der Waals surface area contributed by atoms with E-state index in [1.807, 2.05) is 0 Å². The van der Waals surface area contributed by atoms with Crippen LogP contribution in [0.4, 0.5) is 0 Å². The molecule has 0 N–H and O–H groups in total. The molecule has 5 aromatic rings. The maximum Gasteiger partial charge on any atom is 0.0784 e. The topological polar surface area (TPSA) is 12.9 Å². The first-order valence-electron chi connectivity index (χ1n) is 9.12. The van der Waals surface area contributed by atoms with Gasteiger partial charge in [0.25, 0.3) is 0 Å². The lowest BCUT2D eigenvalue weighted by atomic mass is 9.98. The number of hydrogen-bond donors (Lipinski definition) is 0. The molecule has 1 heterocycles. The molecule has 4 aromatic carbocycles. The number of nitrogens with zero attached hydrogens (tertiary/aromatic N) is 1. The first kappa shape index (κ1) is 14.0. The quantitative estimate of drug-likeness (QED) is 0.293. The molecule has 0 atom stereocenters. The fourth-order valence-electron chi connectivity index (χ4n) is 4.47. The number of aromatic nitrogens is 1. The van der Waals surface area contributed by atoms with Crippen LogP contribution in [0.15, 0.2) is 72.8 Å². The molecule has 0 saturated heterocycles. The first-order chi connectivity index (χ1) is 12.8. The van der Waals surface area contributed by atoms with Gasteiger partial charge in [-0.05, 0) is 58.0 Å². The van der Waals surface area contributed by atoms with Gasteiger partial charge in [0, 0.05) is 22.8 Å². The van der Waals surface area contributed by atoms with Gasteiger partial charge in [-0.1, -0.05) is 54.6 Å². The van der Waals surface area contributed by atoms with Crippen molar-refractivity contribution in [3.8, 4) is 11.1 Å². The van der Waals surface area contributed by atoms with Gasteiger partial charge in [-0.2, -0.15) is 0 Å². The van der Waals surface area contributed by atoms with E-state index in [0.29, 0.717) is 0 Å². The van der Waals surface area contributed by atoms with Crippen LogP contribution in [0.3, 0.4) is 0 Å². The van der Waals surface area contributed by atoms with E-state index in [0.717, 1.165) is 11.9 Å². The molecule has 1 heteroatoms. The van der Waals surface area contributed by atoms with Crippen molar-refractivity contribution in [3.05, 3.63) is 89.6 Å². The zero-order valence-corrected chi connectivity index (χ0v) is 14.6. The van der Waals surface area contributed by atoms with Crippen LogP contribution < -0.4 is 0 Å². The number of pyridine rings is 1. The van der Waals surface area contributed by atoms with Crippen molar-refractivity contribution < 1.29 is 0 Å². The Morgan fingerprint density at radius 1 is 0.692 bits per heavy atom. The van der Waals surface area contributed by atoms with Gasteiger partial charge in [0.1, 0.15) is 0 Å². The zero-order valence-electron chi connectivity index (χ0n) is 14.6. The molecule has 0 amide bonds. The molecule has 6 rings (SSSR count). The first-order valence-corrected chi connectivity index (χ1v) is 9.12. The molecule has 26 heavy (non-hydrogen) atoms. The number of fused-ring (bicyclic) bond motifs is 7. The maximum atomic E-state index is 5.13. The van der Waals surface area contributed by atoms with Gasteiger partial charge in [0.2, 0.25) is 0 Å². The third-order valence-corrected chi connectivity index (χ3v) is 5.73. The normalized spacial score (nSPS) is 12.7. The largest absolute Gasteiger partial charge is 0.251 e. The molecule has 0 spiro atoms. The molecule has 0 bridgehead atoms. The SMILES string of the molecule is Cc1cc2cc3c(nc2c2ccccc12)Cc1cc2ccccc2cc1-3. The summed E-state index contributed by atoms with van der Waals surface area (Å²) >= 11 is 0. The molecule has 0 saturated carbocycles. The Kier molecular flexibility index (Phi) is 2.66. The van der Waals surface area contributed by atoms with Gasteiger partial charge in [-0.25, -0.2) is 0 Å². The third kappa shape index (κ3) is 1.83. The lowest BCUT2D eigenvalue weighted by Gasteiger charge is -2.09. The summed E-state index contributed by atoms with van der Waals surface area (Å²) in [5.74, 6) is 0. The second-order valence-corrected chi connectivity index (χ2v) is 7.33. The van der Waals surface area contributed by atoms with Gasteiger partial charge in [-0.3, -0.25) is 4.98 Å². The highest BCUT2D eigenvalue weighted by molar-refractivity contribution is 6.08.